The number of amides is 3. The molecule has 182 valence electrons. The lowest BCUT2D eigenvalue weighted by Gasteiger charge is -2.42. The first-order valence-electron chi connectivity index (χ1n) is 11.2. The molecule has 35 heavy (non-hydrogen) atoms. The first-order chi connectivity index (χ1) is 16.6. The number of anilines is 1. The van der Waals surface area contributed by atoms with E-state index in [0.29, 0.717) is 29.3 Å². The Balaban J connectivity index is 1.81. The number of halogens is 3. The van der Waals surface area contributed by atoms with Crippen molar-refractivity contribution < 1.29 is 22.8 Å². The minimum atomic E-state index is -4.59. The van der Waals surface area contributed by atoms with Gasteiger partial charge in [0, 0.05) is 6.54 Å². The molecule has 7 nitrogen and oxygen atoms in total. The molecule has 10 heteroatoms. The van der Waals surface area contributed by atoms with Crippen molar-refractivity contribution in [1.29, 1.82) is 5.26 Å². The molecule has 0 bridgehead atoms. The van der Waals surface area contributed by atoms with Gasteiger partial charge >= 0.3 is 12.2 Å². The summed E-state index contributed by atoms with van der Waals surface area (Å²) in [5.41, 5.74) is 3.53. The highest BCUT2D eigenvalue weighted by molar-refractivity contribution is 6.05. The molecule has 2 aromatic carbocycles. The van der Waals surface area contributed by atoms with Crippen LogP contribution in [0.5, 0.6) is 0 Å². The number of nitriles is 1. The number of urea groups is 1. The second kappa shape index (κ2) is 9.43. The number of carbonyl (C=O) groups is 2. The summed E-state index contributed by atoms with van der Waals surface area (Å²) in [6, 6.07) is 11.5. The lowest BCUT2D eigenvalue weighted by atomic mass is 9.92. The molecular weight excluding hydrogens is 459 g/mol. The predicted octanol–water partition coefficient (Wildman–Crippen LogP) is 4.49. The van der Waals surface area contributed by atoms with Gasteiger partial charge in [-0.05, 0) is 48.2 Å². The first kappa shape index (κ1) is 24.3. The lowest BCUT2D eigenvalue weighted by Crippen LogP contribution is -2.58. The molecule has 2 aliphatic rings. The Hall–Kier alpha value is -3.84. The van der Waals surface area contributed by atoms with Gasteiger partial charge in [0.05, 0.1) is 46.7 Å². The van der Waals surface area contributed by atoms with Crippen molar-refractivity contribution in [2.75, 3.05) is 18.0 Å². The summed E-state index contributed by atoms with van der Waals surface area (Å²) in [5.74, 6) is -0.0794. The average Bonchev–Trinajstić information content (AvgIpc) is 2.81. The quantitative estimate of drug-likeness (QED) is 0.656. The van der Waals surface area contributed by atoms with Crippen LogP contribution in [0.2, 0.25) is 0 Å². The van der Waals surface area contributed by atoms with Crippen molar-refractivity contribution in [2.45, 2.75) is 32.5 Å². The van der Waals surface area contributed by atoms with E-state index in [0.717, 1.165) is 23.5 Å². The molecule has 0 radical (unpaired) electrons. The van der Waals surface area contributed by atoms with E-state index in [1.165, 1.54) is 12.1 Å². The number of hydrogen-bond acceptors (Lipinski definition) is 4. The Kier molecular flexibility index (Phi) is 6.54. The van der Waals surface area contributed by atoms with Crippen LogP contribution >= 0.6 is 0 Å². The fourth-order valence-electron chi connectivity index (χ4n) is 4.16. The molecule has 0 unspecified atom stereocenters. The molecule has 0 saturated carbocycles. The number of hydrazine groups is 1. The van der Waals surface area contributed by atoms with Crippen molar-refractivity contribution in [2.24, 2.45) is 5.92 Å². The number of carbonyl (C=O) groups excluding carboxylic acids is 2. The fraction of sp³-hybridized carbons (Fsp3) is 0.320. The molecule has 0 aromatic heterocycles. The SMILES string of the molecule is CC(C)CCN1CC2=C(C(=O)N1)[C@@H](c1ccc(C#N)cc1)NC(=O)N2c1cccc(C(F)(F)F)c1. The van der Waals surface area contributed by atoms with E-state index in [-0.39, 0.29) is 17.8 Å². The minimum absolute atomic E-state index is 0.0154. The molecule has 0 aliphatic carbocycles. The monoisotopic (exact) mass is 483 g/mol. The third-order valence-corrected chi connectivity index (χ3v) is 5.97. The summed E-state index contributed by atoms with van der Waals surface area (Å²) in [7, 11) is 0. The molecule has 2 heterocycles. The maximum absolute atomic E-state index is 13.4. The van der Waals surface area contributed by atoms with E-state index in [1.807, 2.05) is 19.9 Å². The summed E-state index contributed by atoms with van der Waals surface area (Å²) in [4.78, 5) is 27.7. The van der Waals surface area contributed by atoms with Crippen molar-refractivity contribution in [3.8, 4) is 6.07 Å². The number of hydrogen-bond donors (Lipinski definition) is 2. The smallest absolute Gasteiger partial charge is 0.326 e. The zero-order chi connectivity index (χ0) is 25.3. The second-order valence-corrected chi connectivity index (χ2v) is 8.91. The maximum atomic E-state index is 13.4. The molecule has 0 spiro atoms. The summed E-state index contributed by atoms with van der Waals surface area (Å²) in [5, 5.41) is 13.5. The first-order valence-corrected chi connectivity index (χ1v) is 11.2. The molecule has 0 fully saturated rings. The van der Waals surface area contributed by atoms with Crippen LogP contribution in [0.25, 0.3) is 0 Å². The standard InChI is InChI=1S/C25H24F3N5O2/c1-15(2)10-11-32-14-20-21(23(34)31-32)22(17-8-6-16(13-29)7-9-17)30-24(35)33(20)19-5-3-4-18(12-19)25(26,27)28/h3-9,12,15,22H,10-11,14H2,1-2H3,(H,30,35)(H,31,34)/t22-/m1/s1. The number of alkyl halides is 3. The Labute approximate surface area is 200 Å². The van der Waals surface area contributed by atoms with Crippen LogP contribution in [0.3, 0.4) is 0 Å². The second-order valence-electron chi connectivity index (χ2n) is 8.91. The maximum Gasteiger partial charge on any atom is 0.416 e. The molecule has 1 atom stereocenters. The van der Waals surface area contributed by atoms with Gasteiger partial charge in [0.25, 0.3) is 5.91 Å². The van der Waals surface area contributed by atoms with Crippen molar-refractivity contribution >= 4 is 17.6 Å². The Morgan fingerprint density at radius 1 is 1.14 bits per heavy atom. The van der Waals surface area contributed by atoms with Gasteiger partial charge in [-0.3, -0.25) is 15.1 Å². The molecule has 2 N–H and O–H groups in total. The topological polar surface area (TPSA) is 88.5 Å². The summed E-state index contributed by atoms with van der Waals surface area (Å²) < 4.78 is 40.2. The van der Waals surface area contributed by atoms with E-state index in [1.54, 1.807) is 29.3 Å². The minimum Gasteiger partial charge on any atom is -0.326 e. The van der Waals surface area contributed by atoms with Gasteiger partial charge in [-0.2, -0.15) is 18.4 Å². The zero-order valence-electron chi connectivity index (χ0n) is 19.2. The molecule has 2 aliphatic heterocycles. The summed E-state index contributed by atoms with van der Waals surface area (Å²) in [6.07, 6.45) is -3.81. The number of nitrogens with zero attached hydrogens (tertiary/aromatic N) is 3. The lowest BCUT2D eigenvalue weighted by molar-refractivity contribution is -0.137. The van der Waals surface area contributed by atoms with E-state index >= 15 is 0 Å². The Morgan fingerprint density at radius 2 is 1.86 bits per heavy atom. The van der Waals surface area contributed by atoms with E-state index in [2.05, 4.69) is 10.7 Å². The Bertz CT molecular complexity index is 1210. The van der Waals surface area contributed by atoms with Gasteiger partial charge < -0.3 is 5.32 Å². The van der Waals surface area contributed by atoms with Crippen LogP contribution in [-0.2, 0) is 11.0 Å². The zero-order valence-corrected chi connectivity index (χ0v) is 19.2. The van der Waals surface area contributed by atoms with Crippen LogP contribution in [-0.4, -0.2) is 30.0 Å². The molecule has 0 saturated heterocycles. The third kappa shape index (κ3) is 5.00. The summed E-state index contributed by atoms with van der Waals surface area (Å²) >= 11 is 0. The van der Waals surface area contributed by atoms with Crippen molar-refractivity contribution in [3.05, 3.63) is 76.5 Å². The van der Waals surface area contributed by atoms with Gasteiger partial charge in [-0.15, -0.1) is 0 Å². The van der Waals surface area contributed by atoms with Gasteiger partial charge in [-0.1, -0.05) is 32.0 Å². The van der Waals surface area contributed by atoms with Gasteiger partial charge in [0.2, 0.25) is 0 Å². The average molecular weight is 483 g/mol. The van der Waals surface area contributed by atoms with Crippen molar-refractivity contribution in [1.82, 2.24) is 15.8 Å². The van der Waals surface area contributed by atoms with Crippen LogP contribution in [0.4, 0.5) is 23.7 Å². The van der Waals surface area contributed by atoms with E-state index < -0.39 is 29.7 Å². The number of nitrogens with one attached hydrogen (secondary N) is 2. The van der Waals surface area contributed by atoms with Crippen LogP contribution in [0.1, 0.15) is 43.0 Å². The summed E-state index contributed by atoms with van der Waals surface area (Å²) in [6.45, 7) is 4.74. The van der Waals surface area contributed by atoms with Crippen LogP contribution < -0.4 is 15.6 Å². The van der Waals surface area contributed by atoms with E-state index in [4.69, 9.17) is 5.26 Å². The normalized spacial score (nSPS) is 18.8. The third-order valence-electron chi connectivity index (χ3n) is 5.97. The highest BCUT2D eigenvalue weighted by atomic mass is 19.4. The van der Waals surface area contributed by atoms with Crippen LogP contribution in [0.15, 0.2) is 59.8 Å². The number of rotatable bonds is 5. The van der Waals surface area contributed by atoms with E-state index in [9.17, 15) is 22.8 Å². The molecule has 2 aromatic rings. The molecule has 4 rings (SSSR count). The fourth-order valence-corrected chi connectivity index (χ4v) is 4.16. The van der Waals surface area contributed by atoms with Gasteiger partial charge in [-0.25, -0.2) is 9.80 Å². The predicted molar refractivity (Wildman–Crippen MR) is 123 cm³/mol. The Morgan fingerprint density at radius 3 is 2.49 bits per heavy atom. The molecular formula is C25H24F3N5O2. The number of benzene rings is 2. The largest absolute Gasteiger partial charge is 0.416 e. The van der Waals surface area contributed by atoms with Gasteiger partial charge in [0.1, 0.15) is 0 Å². The van der Waals surface area contributed by atoms with Crippen LogP contribution in [0, 0.1) is 17.2 Å². The van der Waals surface area contributed by atoms with Gasteiger partial charge in [0.15, 0.2) is 0 Å². The molecule has 3 amide bonds. The highest BCUT2D eigenvalue weighted by Gasteiger charge is 2.42. The highest BCUT2D eigenvalue weighted by Crippen LogP contribution is 2.38. The van der Waals surface area contributed by atoms with Crippen molar-refractivity contribution in [3.63, 3.8) is 0 Å².